The van der Waals surface area contributed by atoms with Crippen LogP contribution in [0, 0.1) is 0 Å². The van der Waals surface area contributed by atoms with E-state index in [-0.39, 0.29) is 45.4 Å². The number of carbonyl (C=O) groups is 4. The van der Waals surface area contributed by atoms with Crippen LogP contribution < -0.4 is 21.3 Å². The third-order valence-corrected chi connectivity index (χ3v) is 7.12. The number of unbranched alkanes of at least 4 members (excludes halogenated alkanes) is 1. The zero-order valence-electron chi connectivity index (χ0n) is 24.9. The summed E-state index contributed by atoms with van der Waals surface area (Å²) in [5, 5.41) is 19.6. The SMILES string of the molecule is O=C1COCCOCCNC(=O)[C@@H](Cc2cn(Cc3ccccc3)nn2)NC(=O)[C@H](CCCCNC(=O)N2CCOCC2)N1. The second kappa shape index (κ2) is 17.9. The molecule has 2 saturated heterocycles. The van der Waals surface area contributed by atoms with Crippen LogP contribution in [-0.4, -0.2) is 122 Å². The molecular formula is C29H42N8O7. The van der Waals surface area contributed by atoms with Gasteiger partial charge in [0.05, 0.1) is 45.3 Å². The minimum Gasteiger partial charge on any atom is -0.378 e. The second-order valence-electron chi connectivity index (χ2n) is 10.6. The number of rotatable bonds is 9. The van der Waals surface area contributed by atoms with Crippen LogP contribution in [0.25, 0.3) is 0 Å². The van der Waals surface area contributed by atoms with Gasteiger partial charge in [-0.1, -0.05) is 35.5 Å². The number of morpholine rings is 1. The van der Waals surface area contributed by atoms with Crippen LogP contribution in [0.5, 0.6) is 0 Å². The van der Waals surface area contributed by atoms with Gasteiger partial charge in [0, 0.05) is 38.8 Å². The molecule has 0 aliphatic carbocycles. The molecule has 0 saturated carbocycles. The predicted octanol–water partition coefficient (Wildman–Crippen LogP) is -0.786. The van der Waals surface area contributed by atoms with Gasteiger partial charge in [0.15, 0.2) is 0 Å². The number of hydrogen-bond donors (Lipinski definition) is 4. The fourth-order valence-electron chi connectivity index (χ4n) is 4.78. The standard InChI is InChI=1S/C29H42N8O7/c38-26-21-44-17-16-42-13-10-30-27(39)25(18-23-20-37(35-34-23)19-22-6-2-1-3-7-22)33-28(40)24(32-26)8-4-5-9-31-29(41)36-11-14-43-15-12-36/h1-3,6-7,20,24-25H,4-5,8-19,21H2,(H,30,39)(H,31,41)(H,32,38)(H,33,40)/t24-,25+/m0/s1. The van der Waals surface area contributed by atoms with E-state index in [1.165, 1.54) is 0 Å². The van der Waals surface area contributed by atoms with Crippen molar-refractivity contribution in [3.05, 3.63) is 47.8 Å². The molecule has 0 bridgehead atoms. The number of benzene rings is 1. The van der Waals surface area contributed by atoms with Gasteiger partial charge in [0.2, 0.25) is 17.7 Å². The smallest absolute Gasteiger partial charge is 0.317 e. The number of ether oxygens (including phenoxy) is 3. The summed E-state index contributed by atoms with van der Waals surface area (Å²) < 4.78 is 17.8. The summed E-state index contributed by atoms with van der Waals surface area (Å²) >= 11 is 0. The van der Waals surface area contributed by atoms with Gasteiger partial charge in [0.1, 0.15) is 18.7 Å². The number of hydrogen-bond acceptors (Lipinski definition) is 9. The monoisotopic (exact) mass is 614 g/mol. The van der Waals surface area contributed by atoms with Gasteiger partial charge in [-0.15, -0.1) is 5.10 Å². The average molecular weight is 615 g/mol. The molecule has 2 aliphatic rings. The molecule has 2 fully saturated rings. The van der Waals surface area contributed by atoms with Gasteiger partial charge in [-0.25, -0.2) is 9.48 Å². The lowest BCUT2D eigenvalue weighted by molar-refractivity contribution is -0.133. The normalized spacial score (nSPS) is 20.9. The topological polar surface area (TPSA) is 178 Å². The third kappa shape index (κ3) is 11.2. The van der Waals surface area contributed by atoms with Gasteiger partial charge in [-0.3, -0.25) is 14.4 Å². The maximum absolute atomic E-state index is 13.5. The summed E-state index contributed by atoms with van der Waals surface area (Å²) in [5.41, 5.74) is 1.58. The van der Waals surface area contributed by atoms with Gasteiger partial charge in [0.25, 0.3) is 0 Å². The first-order chi connectivity index (χ1) is 21.5. The minimum atomic E-state index is -0.960. The largest absolute Gasteiger partial charge is 0.378 e. The first-order valence-corrected chi connectivity index (χ1v) is 15.0. The molecule has 44 heavy (non-hydrogen) atoms. The molecule has 2 aliphatic heterocycles. The summed E-state index contributed by atoms with van der Waals surface area (Å²) in [5.74, 6) is -1.36. The first kappa shape index (κ1) is 32.8. The Hall–Kier alpha value is -4.08. The van der Waals surface area contributed by atoms with E-state index in [9.17, 15) is 19.2 Å². The average Bonchev–Trinajstić information content (AvgIpc) is 3.47. The fourth-order valence-corrected chi connectivity index (χ4v) is 4.78. The molecular weight excluding hydrogens is 572 g/mol. The Morgan fingerprint density at radius 1 is 0.909 bits per heavy atom. The highest BCUT2D eigenvalue weighted by Gasteiger charge is 2.28. The van der Waals surface area contributed by atoms with E-state index in [2.05, 4.69) is 31.6 Å². The summed E-state index contributed by atoms with van der Waals surface area (Å²) in [6, 6.07) is 7.76. The molecule has 3 heterocycles. The van der Waals surface area contributed by atoms with Crippen molar-refractivity contribution in [3.63, 3.8) is 0 Å². The van der Waals surface area contributed by atoms with Crippen molar-refractivity contribution in [2.24, 2.45) is 0 Å². The third-order valence-electron chi connectivity index (χ3n) is 7.12. The van der Waals surface area contributed by atoms with Crippen LogP contribution in [-0.2, 0) is 41.6 Å². The van der Waals surface area contributed by atoms with E-state index >= 15 is 0 Å². The lowest BCUT2D eigenvalue weighted by Gasteiger charge is -2.27. The Bertz CT molecular complexity index is 1210. The molecule has 0 radical (unpaired) electrons. The zero-order chi connectivity index (χ0) is 31.0. The Morgan fingerprint density at radius 3 is 2.50 bits per heavy atom. The number of urea groups is 1. The van der Waals surface area contributed by atoms with Crippen molar-refractivity contribution in [3.8, 4) is 0 Å². The minimum absolute atomic E-state index is 0.102. The van der Waals surface area contributed by atoms with Gasteiger partial charge < -0.3 is 40.4 Å². The van der Waals surface area contributed by atoms with Crippen LogP contribution in [0.3, 0.4) is 0 Å². The molecule has 240 valence electrons. The molecule has 2 aromatic rings. The molecule has 5 amide bonds. The van der Waals surface area contributed by atoms with Crippen molar-refractivity contribution in [2.45, 2.75) is 44.3 Å². The molecule has 1 aromatic carbocycles. The maximum atomic E-state index is 13.5. The summed E-state index contributed by atoms with van der Waals surface area (Å²) in [4.78, 5) is 53.2. The lowest BCUT2D eigenvalue weighted by Crippen LogP contribution is -2.55. The van der Waals surface area contributed by atoms with Crippen molar-refractivity contribution in [2.75, 3.05) is 65.8 Å². The Morgan fingerprint density at radius 2 is 1.68 bits per heavy atom. The molecule has 4 N–H and O–H groups in total. The highest BCUT2D eigenvalue weighted by Crippen LogP contribution is 2.07. The molecule has 4 rings (SSSR count). The number of amides is 5. The summed E-state index contributed by atoms with van der Waals surface area (Å²) in [7, 11) is 0. The van der Waals surface area contributed by atoms with Gasteiger partial charge in [-0.05, 0) is 24.8 Å². The predicted molar refractivity (Wildman–Crippen MR) is 157 cm³/mol. The Balaban J connectivity index is 1.36. The van der Waals surface area contributed by atoms with Crippen LogP contribution in [0.1, 0.15) is 30.5 Å². The van der Waals surface area contributed by atoms with Crippen LogP contribution in [0.15, 0.2) is 36.5 Å². The zero-order valence-corrected chi connectivity index (χ0v) is 24.9. The van der Waals surface area contributed by atoms with Crippen molar-refractivity contribution in [1.29, 1.82) is 0 Å². The van der Waals surface area contributed by atoms with Crippen LogP contribution >= 0.6 is 0 Å². The number of carbonyl (C=O) groups excluding carboxylic acids is 4. The fraction of sp³-hybridized carbons (Fsp3) is 0.586. The van der Waals surface area contributed by atoms with Gasteiger partial charge >= 0.3 is 6.03 Å². The van der Waals surface area contributed by atoms with E-state index in [0.29, 0.717) is 64.3 Å². The van der Waals surface area contributed by atoms with E-state index in [1.807, 2.05) is 30.3 Å². The molecule has 15 heteroatoms. The number of nitrogens with one attached hydrogen (secondary N) is 4. The highest BCUT2D eigenvalue weighted by molar-refractivity contribution is 5.92. The summed E-state index contributed by atoms with van der Waals surface area (Å²) in [6.45, 7) is 3.78. The lowest BCUT2D eigenvalue weighted by atomic mass is 10.1. The second-order valence-corrected chi connectivity index (χ2v) is 10.6. The molecule has 1 aromatic heterocycles. The van der Waals surface area contributed by atoms with Crippen molar-refractivity contribution < 1.29 is 33.4 Å². The van der Waals surface area contributed by atoms with E-state index in [1.54, 1.807) is 15.8 Å². The maximum Gasteiger partial charge on any atom is 0.317 e. The molecule has 0 unspecified atom stereocenters. The van der Waals surface area contributed by atoms with Crippen LogP contribution in [0.4, 0.5) is 4.79 Å². The molecule has 15 nitrogen and oxygen atoms in total. The van der Waals surface area contributed by atoms with Crippen molar-refractivity contribution >= 4 is 23.8 Å². The first-order valence-electron chi connectivity index (χ1n) is 15.0. The Kier molecular flexibility index (Phi) is 13.4. The summed E-state index contributed by atoms with van der Waals surface area (Å²) in [6.07, 6.45) is 3.28. The molecule has 0 spiro atoms. The Labute approximate surface area is 256 Å². The van der Waals surface area contributed by atoms with E-state index < -0.39 is 29.8 Å². The van der Waals surface area contributed by atoms with E-state index in [4.69, 9.17) is 14.2 Å². The van der Waals surface area contributed by atoms with Crippen molar-refractivity contribution in [1.82, 2.24) is 41.2 Å². The van der Waals surface area contributed by atoms with Gasteiger partial charge in [-0.2, -0.15) is 0 Å². The number of aromatic nitrogens is 3. The number of nitrogens with zero attached hydrogens (tertiary/aromatic N) is 4. The van der Waals surface area contributed by atoms with E-state index in [0.717, 1.165) is 5.56 Å². The quantitative estimate of drug-likeness (QED) is 0.264. The highest BCUT2D eigenvalue weighted by atomic mass is 16.5. The molecule has 2 atom stereocenters. The van der Waals surface area contributed by atoms with Crippen LogP contribution in [0.2, 0.25) is 0 Å².